The summed E-state index contributed by atoms with van der Waals surface area (Å²) < 4.78 is 28.8. The molecular weight excluding hydrogens is 456 g/mol. The number of nitrogens with one attached hydrogen (secondary N) is 1. The van der Waals surface area contributed by atoms with Crippen molar-refractivity contribution < 1.29 is 18.1 Å². The van der Waals surface area contributed by atoms with Crippen LogP contribution in [-0.4, -0.2) is 42.4 Å². The Balaban J connectivity index is 1.82. The van der Waals surface area contributed by atoms with Crippen molar-refractivity contribution >= 4 is 27.8 Å². The minimum Gasteiger partial charge on any atom is -0.272 e. The monoisotopic (exact) mass is 486 g/mol. The highest BCUT2D eigenvalue weighted by Crippen LogP contribution is 2.31. The fourth-order valence-corrected chi connectivity index (χ4v) is 6.60. The number of nitro benzene ring substituents is 1. The third kappa shape index (κ3) is 6.06. The highest BCUT2D eigenvalue weighted by molar-refractivity contribution is 7.89. The van der Waals surface area contributed by atoms with Crippen LogP contribution < -0.4 is 5.43 Å². The van der Waals surface area contributed by atoms with Crippen LogP contribution in [0.1, 0.15) is 54.4 Å². The van der Waals surface area contributed by atoms with E-state index >= 15 is 0 Å². The third-order valence-electron chi connectivity index (χ3n) is 5.94. The first-order valence-corrected chi connectivity index (χ1v) is 12.7. The summed E-state index contributed by atoms with van der Waals surface area (Å²) in [7, 11) is -3.92. The van der Waals surface area contributed by atoms with Gasteiger partial charge in [-0.1, -0.05) is 49.1 Å². The van der Waals surface area contributed by atoms with Gasteiger partial charge >= 0.3 is 0 Å². The normalized spacial score (nSPS) is 15.1. The highest BCUT2D eigenvalue weighted by Gasteiger charge is 2.35. The van der Waals surface area contributed by atoms with Crippen molar-refractivity contribution in [2.24, 2.45) is 5.10 Å². The number of hydrazone groups is 1. The molecule has 0 aliphatic heterocycles. The van der Waals surface area contributed by atoms with Crippen molar-refractivity contribution in [2.75, 3.05) is 6.54 Å². The van der Waals surface area contributed by atoms with Gasteiger partial charge in [-0.2, -0.15) is 9.41 Å². The summed E-state index contributed by atoms with van der Waals surface area (Å²) in [5.74, 6) is -0.571. The molecule has 2 aromatic rings. The number of aryl methyl sites for hydroxylation is 3. The Morgan fingerprint density at radius 1 is 1.15 bits per heavy atom. The van der Waals surface area contributed by atoms with Gasteiger partial charge in [0, 0.05) is 23.7 Å². The first-order chi connectivity index (χ1) is 16.1. The zero-order chi connectivity index (χ0) is 24.9. The molecule has 1 amide bonds. The van der Waals surface area contributed by atoms with Crippen molar-refractivity contribution in [3.63, 3.8) is 0 Å². The molecule has 9 nitrogen and oxygen atoms in total. The molecule has 0 heterocycles. The molecule has 0 spiro atoms. The van der Waals surface area contributed by atoms with Crippen LogP contribution in [0.15, 0.2) is 46.4 Å². The first kappa shape index (κ1) is 25.5. The summed E-state index contributed by atoms with van der Waals surface area (Å²) in [6.45, 7) is 5.11. The van der Waals surface area contributed by atoms with Crippen LogP contribution in [-0.2, 0) is 14.8 Å². The van der Waals surface area contributed by atoms with Crippen LogP contribution in [0.4, 0.5) is 5.69 Å². The van der Waals surface area contributed by atoms with E-state index in [1.165, 1.54) is 28.7 Å². The lowest BCUT2D eigenvalue weighted by atomic mass is 9.95. The fraction of sp³-hybridized carbons (Fsp3) is 0.417. The molecule has 1 fully saturated rings. The summed E-state index contributed by atoms with van der Waals surface area (Å²) in [6, 6.07) is 9.24. The Hall–Kier alpha value is -3.11. The minimum atomic E-state index is -3.92. The maximum Gasteiger partial charge on any atom is 0.270 e. The number of amides is 1. The van der Waals surface area contributed by atoms with E-state index in [1.807, 2.05) is 19.1 Å². The minimum absolute atomic E-state index is 0.0892. The Labute approximate surface area is 200 Å². The number of sulfonamides is 1. The van der Waals surface area contributed by atoms with E-state index in [2.05, 4.69) is 10.5 Å². The predicted molar refractivity (Wildman–Crippen MR) is 130 cm³/mol. The molecule has 1 aliphatic rings. The molecule has 0 unspecified atom stereocenters. The predicted octanol–water partition coefficient (Wildman–Crippen LogP) is 3.99. The van der Waals surface area contributed by atoms with Crippen LogP contribution in [0.3, 0.4) is 0 Å². The van der Waals surface area contributed by atoms with Gasteiger partial charge in [0.1, 0.15) is 0 Å². The van der Waals surface area contributed by atoms with Gasteiger partial charge in [0.2, 0.25) is 10.0 Å². The van der Waals surface area contributed by atoms with Crippen LogP contribution in [0.5, 0.6) is 0 Å². The summed E-state index contributed by atoms with van der Waals surface area (Å²) in [6.07, 6.45) is 5.57. The van der Waals surface area contributed by atoms with Gasteiger partial charge < -0.3 is 0 Å². The zero-order valence-electron chi connectivity index (χ0n) is 19.7. The topological polar surface area (TPSA) is 122 Å². The second-order valence-electron chi connectivity index (χ2n) is 8.72. The first-order valence-electron chi connectivity index (χ1n) is 11.3. The van der Waals surface area contributed by atoms with E-state index in [1.54, 1.807) is 19.9 Å². The maximum absolute atomic E-state index is 13.8. The van der Waals surface area contributed by atoms with E-state index in [9.17, 15) is 23.3 Å². The number of nitro groups is 1. The van der Waals surface area contributed by atoms with Gasteiger partial charge in [0.25, 0.3) is 11.6 Å². The smallest absolute Gasteiger partial charge is 0.270 e. The lowest BCUT2D eigenvalue weighted by Crippen LogP contribution is -2.46. The fourth-order valence-electron chi connectivity index (χ4n) is 4.54. The van der Waals surface area contributed by atoms with Crippen LogP contribution in [0.25, 0.3) is 0 Å². The van der Waals surface area contributed by atoms with E-state index in [-0.39, 0.29) is 23.2 Å². The summed E-state index contributed by atoms with van der Waals surface area (Å²) in [5, 5.41) is 14.8. The largest absolute Gasteiger partial charge is 0.272 e. The van der Waals surface area contributed by atoms with Crippen LogP contribution in [0, 0.1) is 30.9 Å². The Bertz CT molecular complexity index is 1180. The molecule has 1 N–H and O–H groups in total. The second-order valence-corrected chi connectivity index (χ2v) is 10.5. The average Bonchev–Trinajstić information content (AvgIpc) is 2.77. The molecule has 10 heteroatoms. The summed E-state index contributed by atoms with van der Waals surface area (Å²) >= 11 is 0. The molecule has 0 atom stereocenters. The number of carbonyl (C=O) groups excluding carboxylic acids is 1. The Kier molecular flexibility index (Phi) is 8.16. The molecule has 182 valence electrons. The molecule has 3 rings (SSSR count). The number of non-ortho nitro benzene ring substituents is 1. The molecule has 0 radical (unpaired) electrons. The SMILES string of the molecule is Cc1cc(C)c(S(=O)(=O)N(CC(=O)NN=Cc2cccc([N+](=O)[O-])c2)C2CCCCC2)c(C)c1. The van der Waals surface area contributed by atoms with Crippen molar-refractivity contribution in [3.05, 3.63) is 68.8 Å². The maximum atomic E-state index is 13.8. The van der Waals surface area contributed by atoms with Crippen LogP contribution >= 0.6 is 0 Å². The molecule has 0 saturated heterocycles. The number of rotatable bonds is 8. The molecule has 0 bridgehead atoms. The number of hydrogen-bond acceptors (Lipinski definition) is 6. The zero-order valence-corrected chi connectivity index (χ0v) is 20.5. The van der Waals surface area contributed by atoms with Crippen LogP contribution in [0.2, 0.25) is 0 Å². The van der Waals surface area contributed by atoms with Crippen molar-refractivity contribution in [1.82, 2.24) is 9.73 Å². The van der Waals surface area contributed by atoms with Gasteiger partial charge in [0.15, 0.2) is 0 Å². The number of carbonyl (C=O) groups is 1. The third-order valence-corrected chi connectivity index (χ3v) is 8.14. The summed E-state index contributed by atoms with van der Waals surface area (Å²) in [4.78, 5) is 23.4. The number of benzene rings is 2. The van der Waals surface area contributed by atoms with Crippen molar-refractivity contribution in [3.8, 4) is 0 Å². The number of nitrogens with zero attached hydrogens (tertiary/aromatic N) is 3. The standard InChI is InChI=1S/C24H30N4O5S/c1-17-12-18(2)24(19(3)13-17)34(32,33)27(21-9-5-4-6-10-21)16-23(29)26-25-15-20-8-7-11-22(14-20)28(30)31/h7-8,11-15,21H,4-6,9-10,16H2,1-3H3,(H,26,29). The average molecular weight is 487 g/mol. The molecular formula is C24H30N4O5S. The lowest BCUT2D eigenvalue weighted by molar-refractivity contribution is -0.384. The van der Waals surface area contributed by atoms with Gasteiger partial charge in [-0.05, 0) is 44.7 Å². The van der Waals surface area contributed by atoms with E-state index in [4.69, 9.17) is 0 Å². The molecule has 2 aromatic carbocycles. The van der Waals surface area contributed by atoms with Gasteiger partial charge in [-0.15, -0.1) is 0 Å². The Morgan fingerprint density at radius 3 is 2.41 bits per heavy atom. The van der Waals surface area contributed by atoms with Gasteiger partial charge in [-0.3, -0.25) is 14.9 Å². The quantitative estimate of drug-likeness (QED) is 0.343. The van der Waals surface area contributed by atoms with E-state index in [0.717, 1.165) is 24.8 Å². The Morgan fingerprint density at radius 2 is 1.79 bits per heavy atom. The second kappa shape index (κ2) is 10.9. The van der Waals surface area contributed by atoms with Crippen molar-refractivity contribution in [2.45, 2.75) is 63.8 Å². The number of hydrogen-bond donors (Lipinski definition) is 1. The lowest BCUT2D eigenvalue weighted by Gasteiger charge is -2.33. The van der Waals surface area contributed by atoms with E-state index < -0.39 is 20.9 Å². The summed E-state index contributed by atoms with van der Waals surface area (Å²) in [5.41, 5.74) is 5.01. The molecule has 0 aromatic heterocycles. The van der Waals surface area contributed by atoms with Gasteiger partial charge in [0.05, 0.1) is 22.6 Å². The van der Waals surface area contributed by atoms with Crippen molar-refractivity contribution in [1.29, 1.82) is 0 Å². The molecule has 1 saturated carbocycles. The molecule has 34 heavy (non-hydrogen) atoms. The van der Waals surface area contributed by atoms with Gasteiger partial charge in [-0.25, -0.2) is 13.8 Å². The van der Waals surface area contributed by atoms with E-state index in [0.29, 0.717) is 29.5 Å². The highest BCUT2D eigenvalue weighted by atomic mass is 32.2. The molecule has 1 aliphatic carbocycles.